The van der Waals surface area contributed by atoms with Gasteiger partial charge in [0.25, 0.3) is 0 Å². The Balaban J connectivity index is 2.65. The van der Waals surface area contributed by atoms with Crippen LogP contribution in [0.15, 0.2) is 0 Å². The molecule has 1 aliphatic heterocycles. The zero-order valence-electron chi connectivity index (χ0n) is 6.33. The molecule has 2 atom stereocenters. The van der Waals surface area contributed by atoms with E-state index in [1.807, 2.05) is 0 Å². The number of rotatable bonds is 1. The molecule has 0 aromatic rings. The normalized spacial score (nSPS) is 31.2. The lowest BCUT2D eigenvalue weighted by atomic mass is 9.87. The fraction of sp³-hybridized carbons (Fsp3) is 0.714. The quantitative estimate of drug-likeness (QED) is 0.556. The summed E-state index contributed by atoms with van der Waals surface area (Å²) in [5.41, 5.74) is 0. The van der Waals surface area contributed by atoms with Gasteiger partial charge in [0.05, 0.1) is 5.92 Å². The molecule has 4 nitrogen and oxygen atoms in total. The first-order chi connectivity index (χ1) is 5.13. The van der Waals surface area contributed by atoms with Gasteiger partial charge in [-0.1, -0.05) is 6.92 Å². The van der Waals surface area contributed by atoms with E-state index < -0.39 is 11.9 Å². The van der Waals surface area contributed by atoms with Crippen LogP contribution in [-0.2, 0) is 9.59 Å². The van der Waals surface area contributed by atoms with Crippen LogP contribution in [0.5, 0.6) is 0 Å². The lowest BCUT2D eigenvalue weighted by molar-refractivity contribution is -0.148. The van der Waals surface area contributed by atoms with Crippen molar-refractivity contribution < 1.29 is 14.7 Å². The molecule has 1 heterocycles. The van der Waals surface area contributed by atoms with Crippen LogP contribution in [0.25, 0.3) is 0 Å². The van der Waals surface area contributed by atoms with Gasteiger partial charge in [-0.05, 0) is 6.42 Å². The first-order valence-corrected chi connectivity index (χ1v) is 3.63. The van der Waals surface area contributed by atoms with Gasteiger partial charge in [-0.25, -0.2) is 0 Å². The Hall–Kier alpha value is -1.06. The number of carbonyl (C=O) groups excluding carboxylic acids is 1. The minimum atomic E-state index is -0.868. The molecule has 1 aliphatic rings. The van der Waals surface area contributed by atoms with E-state index in [1.54, 1.807) is 6.92 Å². The second-order valence-electron chi connectivity index (χ2n) is 2.81. The monoisotopic (exact) mass is 157 g/mol. The number of carbonyl (C=O) groups is 2. The summed E-state index contributed by atoms with van der Waals surface area (Å²) in [6.07, 6.45) is 0.544. The third kappa shape index (κ3) is 1.50. The second kappa shape index (κ2) is 2.90. The van der Waals surface area contributed by atoms with E-state index >= 15 is 0 Å². The van der Waals surface area contributed by atoms with E-state index in [9.17, 15) is 9.59 Å². The molecule has 1 saturated heterocycles. The third-order valence-electron chi connectivity index (χ3n) is 2.09. The molecule has 0 bridgehead atoms. The van der Waals surface area contributed by atoms with E-state index in [4.69, 9.17) is 5.11 Å². The van der Waals surface area contributed by atoms with Crippen LogP contribution in [0.4, 0.5) is 0 Å². The molecule has 0 radical (unpaired) electrons. The Kier molecular flexibility index (Phi) is 2.12. The molecular weight excluding hydrogens is 146 g/mol. The molecule has 2 N–H and O–H groups in total. The van der Waals surface area contributed by atoms with E-state index in [2.05, 4.69) is 5.32 Å². The lowest BCUT2D eigenvalue weighted by Crippen LogP contribution is -2.43. The van der Waals surface area contributed by atoms with Gasteiger partial charge in [-0.3, -0.25) is 9.59 Å². The fourth-order valence-corrected chi connectivity index (χ4v) is 1.28. The van der Waals surface area contributed by atoms with E-state index in [1.165, 1.54) is 0 Å². The highest BCUT2D eigenvalue weighted by atomic mass is 16.4. The van der Waals surface area contributed by atoms with Crippen molar-refractivity contribution >= 4 is 11.9 Å². The van der Waals surface area contributed by atoms with Crippen molar-refractivity contribution in [2.75, 3.05) is 6.54 Å². The van der Waals surface area contributed by atoms with Gasteiger partial charge < -0.3 is 10.4 Å². The van der Waals surface area contributed by atoms with Crippen molar-refractivity contribution in [3.63, 3.8) is 0 Å². The van der Waals surface area contributed by atoms with Crippen molar-refractivity contribution in [3.05, 3.63) is 0 Å². The van der Waals surface area contributed by atoms with Crippen LogP contribution >= 0.6 is 0 Å². The fourth-order valence-electron chi connectivity index (χ4n) is 1.28. The average molecular weight is 157 g/mol. The largest absolute Gasteiger partial charge is 0.481 e. The number of hydrogen-bond acceptors (Lipinski definition) is 2. The van der Waals surface area contributed by atoms with E-state index in [0.717, 1.165) is 0 Å². The van der Waals surface area contributed by atoms with Gasteiger partial charge in [0.1, 0.15) is 0 Å². The predicted molar refractivity (Wildman–Crippen MR) is 37.9 cm³/mol. The standard InChI is InChI=1S/C7H11NO3/c1-4-5(7(10)11)2-3-8-6(4)9/h4-5H,2-3H2,1H3,(H,8,9)(H,10,11). The molecule has 2 unspecified atom stereocenters. The van der Waals surface area contributed by atoms with E-state index in [0.29, 0.717) is 13.0 Å². The Bertz CT molecular complexity index is 190. The van der Waals surface area contributed by atoms with Crippen LogP contribution in [-0.4, -0.2) is 23.5 Å². The molecule has 62 valence electrons. The first-order valence-electron chi connectivity index (χ1n) is 3.63. The van der Waals surface area contributed by atoms with Crippen LogP contribution in [0, 0.1) is 11.8 Å². The highest BCUT2D eigenvalue weighted by Gasteiger charge is 2.32. The highest BCUT2D eigenvalue weighted by molar-refractivity contribution is 5.85. The van der Waals surface area contributed by atoms with Crippen LogP contribution < -0.4 is 5.32 Å². The summed E-state index contributed by atoms with van der Waals surface area (Å²) < 4.78 is 0. The summed E-state index contributed by atoms with van der Waals surface area (Å²) in [7, 11) is 0. The molecule has 4 heteroatoms. The molecule has 0 aromatic heterocycles. The zero-order chi connectivity index (χ0) is 8.43. The summed E-state index contributed by atoms with van der Waals surface area (Å²) >= 11 is 0. The number of amides is 1. The smallest absolute Gasteiger partial charge is 0.307 e. The molecule has 1 fully saturated rings. The molecule has 0 saturated carbocycles. The van der Waals surface area contributed by atoms with Crippen molar-refractivity contribution in [3.8, 4) is 0 Å². The lowest BCUT2D eigenvalue weighted by Gasteiger charge is -2.24. The van der Waals surface area contributed by atoms with Crippen molar-refractivity contribution in [1.29, 1.82) is 0 Å². The average Bonchev–Trinajstić information content (AvgIpc) is 1.94. The predicted octanol–water partition coefficient (Wildman–Crippen LogP) is -0.157. The molecule has 1 amide bonds. The topological polar surface area (TPSA) is 66.4 Å². The molecule has 11 heavy (non-hydrogen) atoms. The van der Waals surface area contributed by atoms with Gasteiger partial charge >= 0.3 is 5.97 Å². The van der Waals surface area contributed by atoms with Crippen LogP contribution in [0.2, 0.25) is 0 Å². The minimum absolute atomic E-state index is 0.149. The number of aliphatic carboxylic acids is 1. The summed E-state index contributed by atoms with van der Waals surface area (Å²) in [5.74, 6) is -1.90. The number of piperidine rings is 1. The number of hydrogen-bond donors (Lipinski definition) is 2. The molecular formula is C7H11NO3. The second-order valence-corrected chi connectivity index (χ2v) is 2.81. The molecule has 0 aliphatic carbocycles. The minimum Gasteiger partial charge on any atom is -0.481 e. The van der Waals surface area contributed by atoms with Gasteiger partial charge in [-0.15, -0.1) is 0 Å². The van der Waals surface area contributed by atoms with Gasteiger partial charge in [0.2, 0.25) is 5.91 Å². The highest BCUT2D eigenvalue weighted by Crippen LogP contribution is 2.19. The third-order valence-corrected chi connectivity index (χ3v) is 2.09. The SMILES string of the molecule is CC1C(=O)NCCC1C(=O)O. The van der Waals surface area contributed by atoms with Crippen molar-refractivity contribution in [2.24, 2.45) is 11.8 Å². The summed E-state index contributed by atoms with van der Waals surface area (Å²) in [5, 5.41) is 11.3. The number of carboxylic acids is 1. The summed E-state index contributed by atoms with van der Waals surface area (Å²) in [6.45, 7) is 2.13. The van der Waals surface area contributed by atoms with Gasteiger partial charge in [0.15, 0.2) is 0 Å². The van der Waals surface area contributed by atoms with Gasteiger partial charge in [0, 0.05) is 12.5 Å². The Morgan fingerprint density at radius 3 is 2.82 bits per heavy atom. The Morgan fingerprint density at radius 1 is 1.73 bits per heavy atom. The maximum Gasteiger partial charge on any atom is 0.307 e. The Morgan fingerprint density at radius 2 is 2.36 bits per heavy atom. The van der Waals surface area contributed by atoms with Crippen LogP contribution in [0.1, 0.15) is 13.3 Å². The molecule has 0 spiro atoms. The van der Waals surface area contributed by atoms with Crippen LogP contribution in [0.3, 0.4) is 0 Å². The summed E-state index contributed by atoms with van der Waals surface area (Å²) in [6, 6.07) is 0. The maximum atomic E-state index is 10.9. The number of carboxylic acid groups (broad SMARTS) is 1. The number of nitrogens with one attached hydrogen (secondary N) is 1. The van der Waals surface area contributed by atoms with E-state index in [-0.39, 0.29) is 11.8 Å². The molecule has 0 aromatic carbocycles. The summed E-state index contributed by atoms with van der Waals surface area (Å²) in [4.78, 5) is 21.5. The van der Waals surface area contributed by atoms with Gasteiger partial charge in [-0.2, -0.15) is 0 Å². The zero-order valence-corrected chi connectivity index (χ0v) is 6.33. The first kappa shape index (κ1) is 8.04. The van der Waals surface area contributed by atoms with Crippen molar-refractivity contribution in [2.45, 2.75) is 13.3 Å². The molecule has 1 rings (SSSR count). The van der Waals surface area contributed by atoms with Crippen molar-refractivity contribution in [1.82, 2.24) is 5.32 Å². The maximum absolute atomic E-state index is 10.9. The Labute approximate surface area is 64.6 Å².